The quantitative estimate of drug-likeness (QED) is 0.381. The summed E-state index contributed by atoms with van der Waals surface area (Å²) in [6.45, 7) is 1.59. The van der Waals surface area contributed by atoms with Gasteiger partial charge in [-0.2, -0.15) is 0 Å². The lowest BCUT2D eigenvalue weighted by Gasteiger charge is -2.21. The van der Waals surface area contributed by atoms with E-state index in [0.717, 1.165) is 21.7 Å². The van der Waals surface area contributed by atoms with E-state index in [1.54, 1.807) is 24.3 Å². The Labute approximate surface area is 201 Å². The highest BCUT2D eigenvalue weighted by atomic mass is 32.2. The highest BCUT2D eigenvalue weighted by Crippen LogP contribution is 2.28. The van der Waals surface area contributed by atoms with E-state index in [0.29, 0.717) is 27.3 Å². The molecule has 0 unspecified atom stereocenters. The predicted octanol–water partition coefficient (Wildman–Crippen LogP) is 4.71. The van der Waals surface area contributed by atoms with Crippen molar-refractivity contribution < 1.29 is 17.9 Å². The van der Waals surface area contributed by atoms with E-state index in [9.17, 15) is 13.2 Å². The van der Waals surface area contributed by atoms with E-state index in [1.807, 2.05) is 61.5 Å². The van der Waals surface area contributed by atoms with Crippen molar-refractivity contribution in [3.63, 3.8) is 0 Å². The van der Waals surface area contributed by atoms with Gasteiger partial charge in [0.1, 0.15) is 23.1 Å². The Kier molecular flexibility index (Phi) is 6.90. The summed E-state index contributed by atoms with van der Waals surface area (Å²) in [7, 11) is -3.72. The van der Waals surface area contributed by atoms with Gasteiger partial charge in [0.15, 0.2) is 0 Å². The maximum absolute atomic E-state index is 12.6. The molecule has 10 heteroatoms. The first kappa shape index (κ1) is 23.4. The standard InChI is InChI=1S/C24H22N4O4S2/c1-17-8-10-18(11-9-17)23-26-27-24(33-23)25-22(29)16-28(34(2,30)31)19-12-14-21(15-13-19)32-20-6-4-3-5-7-20/h3-15H,16H2,1-2H3,(H,25,27,29). The summed E-state index contributed by atoms with van der Waals surface area (Å²) in [6.07, 6.45) is 1.05. The average Bonchev–Trinajstić information content (AvgIpc) is 3.27. The summed E-state index contributed by atoms with van der Waals surface area (Å²) >= 11 is 1.21. The molecule has 1 amide bonds. The van der Waals surface area contributed by atoms with Gasteiger partial charge in [-0.15, -0.1) is 10.2 Å². The third-order valence-electron chi connectivity index (χ3n) is 4.76. The largest absolute Gasteiger partial charge is 0.457 e. The second-order valence-electron chi connectivity index (χ2n) is 7.51. The van der Waals surface area contributed by atoms with E-state index >= 15 is 0 Å². The van der Waals surface area contributed by atoms with Crippen LogP contribution < -0.4 is 14.4 Å². The van der Waals surface area contributed by atoms with E-state index in [2.05, 4.69) is 15.5 Å². The number of para-hydroxylation sites is 1. The number of amides is 1. The van der Waals surface area contributed by atoms with Crippen LogP contribution in [0.15, 0.2) is 78.9 Å². The fraction of sp³-hybridized carbons (Fsp3) is 0.125. The lowest BCUT2D eigenvalue weighted by atomic mass is 10.2. The van der Waals surface area contributed by atoms with Crippen LogP contribution in [0.3, 0.4) is 0 Å². The lowest BCUT2D eigenvalue weighted by molar-refractivity contribution is -0.114. The van der Waals surface area contributed by atoms with Crippen molar-refractivity contribution >= 4 is 38.1 Å². The monoisotopic (exact) mass is 494 g/mol. The van der Waals surface area contributed by atoms with Gasteiger partial charge in [0.2, 0.25) is 21.1 Å². The Balaban J connectivity index is 1.44. The second kappa shape index (κ2) is 10.0. The number of sulfonamides is 1. The number of carbonyl (C=O) groups excluding carboxylic acids is 1. The predicted molar refractivity (Wildman–Crippen MR) is 134 cm³/mol. The fourth-order valence-electron chi connectivity index (χ4n) is 3.08. The third kappa shape index (κ3) is 5.97. The smallest absolute Gasteiger partial charge is 0.246 e. The maximum atomic E-state index is 12.6. The number of ether oxygens (including phenoxy) is 1. The van der Waals surface area contributed by atoms with Crippen LogP contribution in [0.5, 0.6) is 11.5 Å². The summed E-state index contributed by atoms with van der Waals surface area (Å²) < 4.78 is 31.6. The van der Waals surface area contributed by atoms with Crippen molar-refractivity contribution in [1.29, 1.82) is 0 Å². The summed E-state index contributed by atoms with van der Waals surface area (Å²) in [5.41, 5.74) is 2.36. The van der Waals surface area contributed by atoms with Crippen LogP contribution in [0.25, 0.3) is 10.6 Å². The Hall–Kier alpha value is -3.76. The maximum Gasteiger partial charge on any atom is 0.246 e. The van der Waals surface area contributed by atoms with Crippen molar-refractivity contribution in [2.24, 2.45) is 0 Å². The molecule has 0 aliphatic heterocycles. The Bertz CT molecular complexity index is 1370. The van der Waals surface area contributed by atoms with Crippen LogP contribution in [-0.2, 0) is 14.8 Å². The van der Waals surface area contributed by atoms with Crippen LogP contribution >= 0.6 is 11.3 Å². The highest BCUT2D eigenvalue weighted by molar-refractivity contribution is 7.92. The van der Waals surface area contributed by atoms with Gasteiger partial charge in [0, 0.05) is 5.56 Å². The number of nitrogens with zero attached hydrogens (tertiary/aromatic N) is 3. The van der Waals surface area contributed by atoms with Gasteiger partial charge in [0.25, 0.3) is 0 Å². The number of hydrogen-bond acceptors (Lipinski definition) is 7. The third-order valence-corrected chi connectivity index (χ3v) is 6.79. The molecule has 0 aliphatic carbocycles. The SMILES string of the molecule is Cc1ccc(-c2nnc(NC(=O)CN(c3ccc(Oc4ccccc4)cc3)S(C)(=O)=O)s2)cc1. The van der Waals surface area contributed by atoms with Crippen molar-refractivity contribution in [3.05, 3.63) is 84.4 Å². The number of nitrogens with one attached hydrogen (secondary N) is 1. The van der Waals surface area contributed by atoms with Gasteiger partial charge >= 0.3 is 0 Å². The first-order valence-electron chi connectivity index (χ1n) is 10.3. The molecule has 0 bridgehead atoms. The molecule has 0 atom stereocenters. The first-order chi connectivity index (χ1) is 16.3. The molecule has 3 aromatic carbocycles. The molecule has 4 aromatic rings. The zero-order chi connectivity index (χ0) is 24.1. The molecule has 0 spiro atoms. The van der Waals surface area contributed by atoms with Gasteiger partial charge in [-0.1, -0.05) is 59.4 Å². The zero-order valence-electron chi connectivity index (χ0n) is 18.5. The average molecular weight is 495 g/mol. The van der Waals surface area contributed by atoms with Gasteiger partial charge in [-0.05, 0) is 43.3 Å². The first-order valence-corrected chi connectivity index (χ1v) is 13.0. The molecule has 1 N–H and O–H groups in total. The molecule has 1 heterocycles. The molecular formula is C24H22N4O4S2. The Morgan fingerprint density at radius 1 is 0.941 bits per heavy atom. The molecule has 0 saturated carbocycles. The zero-order valence-corrected chi connectivity index (χ0v) is 20.1. The van der Waals surface area contributed by atoms with E-state index in [-0.39, 0.29) is 0 Å². The number of rotatable bonds is 8. The molecule has 0 fully saturated rings. The van der Waals surface area contributed by atoms with Crippen LogP contribution in [0.4, 0.5) is 10.8 Å². The number of benzene rings is 3. The van der Waals surface area contributed by atoms with Crippen LogP contribution in [0, 0.1) is 6.92 Å². The Morgan fingerprint density at radius 3 is 2.24 bits per heavy atom. The van der Waals surface area contributed by atoms with Crippen molar-refractivity contribution in [1.82, 2.24) is 10.2 Å². The van der Waals surface area contributed by atoms with Crippen molar-refractivity contribution in [2.45, 2.75) is 6.92 Å². The summed E-state index contributed by atoms with van der Waals surface area (Å²) in [5.74, 6) is 0.684. The van der Waals surface area contributed by atoms with Gasteiger partial charge in [-0.25, -0.2) is 8.42 Å². The molecule has 0 radical (unpaired) electrons. The normalized spacial score (nSPS) is 11.1. The molecule has 34 heavy (non-hydrogen) atoms. The molecule has 174 valence electrons. The molecule has 8 nitrogen and oxygen atoms in total. The summed E-state index contributed by atoms with van der Waals surface area (Å²) in [5, 5.41) is 11.7. The van der Waals surface area contributed by atoms with Crippen LogP contribution in [0.2, 0.25) is 0 Å². The topological polar surface area (TPSA) is 101 Å². The molecular weight excluding hydrogens is 472 g/mol. The number of hydrogen-bond donors (Lipinski definition) is 1. The summed E-state index contributed by atoms with van der Waals surface area (Å²) in [6, 6.07) is 23.5. The minimum absolute atomic E-state index is 0.292. The number of carbonyl (C=O) groups is 1. The number of anilines is 2. The lowest BCUT2D eigenvalue weighted by Crippen LogP contribution is -2.37. The minimum atomic E-state index is -3.72. The van der Waals surface area contributed by atoms with Crippen molar-refractivity contribution in [3.8, 4) is 22.1 Å². The van der Waals surface area contributed by atoms with Gasteiger partial charge in [0.05, 0.1) is 11.9 Å². The molecule has 0 aliphatic rings. The van der Waals surface area contributed by atoms with Crippen LogP contribution in [-0.4, -0.2) is 37.3 Å². The second-order valence-corrected chi connectivity index (χ2v) is 10.4. The molecule has 4 rings (SSSR count). The van der Waals surface area contributed by atoms with E-state index in [1.165, 1.54) is 11.3 Å². The highest BCUT2D eigenvalue weighted by Gasteiger charge is 2.22. The fourth-order valence-corrected chi connectivity index (χ4v) is 4.70. The van der Waals surface area contributed by atoms with Crippen LogP contribution in [0.1, 0.15) is 5.56 Å². The van der Waals surface area contributed by atoms with E-state index in [4.69, 9.17) is 4.74 Å². The minimum Gasteiger partial charge on any atom is -0.457 e. The molecule has 1 aromatic heterocycles. The Morgan fingerprint density at radius 2 is 1.59 bits per heavy atom. The number of aryl methyl sites for hydroxylation is 1. The van der Waals surface area contributed by atoms with Crippen molar-refractivity contribution in [2.75, 3.05) is 22.4 Å². The number of aromatic nitrogens is 2. The summed E-state index contributed by atoms with van der Waals surface area (Å²) in [4.78, 5) is 12.6. The van der Waals surface area contributed by atoms with Gasteiger partial charge < -0.3 is 4.74 Å². The van der Waals surface area contributed by atoms with E-state index < -0.39 is 22.5 Å². The molecule has 0 saturated heterocycles. The van der Waals surface area contributed by atoms with Gasteiger partial charge in [-0.3, -0.25) is 14.4 Å².